The monoisotopic (exact) mass is 340 g/mol. The molecule has 2 N–H and O–H groups in total. The van der Waals surface area contributed by atoms with Crippen LogP contribution in [0.1, 0.15) is 26.2 Å². The summed E-state index contributed by atoms with van der Waals surface area (Å²) in [6, 6.07) is 0.196. The van der Waals surface area contributed by atoms with E-state index in [1.807, 2.05) is 6.20 Å². The molecule has 0 aromatic carbocycles. The third-order valence-corrected chi connectivity index (χ3v) is 5.15. The van der Waals surface area contributed by atoms with Crippen LogP contribution in [0.25, 0.3) is 0 Å². The molecule has 6 heteroatoms. The van der Waals surface area contributed by atoms with Crippen LogP contribution in [0.3, 0.4) is 0 Å². The summed E-state index contributed by atoms with van der Waals surface area (Å²) in [4.78, 5) is 14.5. The molecule has 2 heterocycles. The molecule has 0 spiro atoms. The number of anilines is 1. The molecule has 2 unspecified atom stereocenters. The minimum absolute atomic E-state index is 0.0151. The van der Waals surface area contributed by atoms with Gasteiger partial charge in [0.2, 0.25) is 0 Å². The van der Waals surface area contributed by atoms with Crippen LogP contribution in [-0.4, -0.2) is 28.9 Å². The van der Waals surface area contributed by atoms with Crippen LogP contribution in [0.15, 0.2) is 15.5 Å². The lowest BCUT2D eigenvalue weighted by atomic mass is 10.0. The molecule has 1 aliphatic heterocycles. The topological polar surface area (TPSA) is 64.2 Å². The molecular formula is C14H21BrN4O. The maximum absolute atomic E-state index is 12.3. The normalized spacial score (nSPS) is 24.1. The first-order valence-corrected chi connectivity index (χ1v) is 8.11. The molecule has 20 heavy (non-hydrogen) atoms. The Kier molecular flexibility index (Phi) is 3.86. The highest BCUT2D eigenvalue weighted by atomic mass is 79.9. The summed E-state index contributed by atoms with van der Waals surface area (Å²) >= 11 is 3.46. The van der Waals surface area contributed by atoms with Gasteiger partial charge in [-0.3, -0.25) is 4.79 Å². The van der Waals surface area contributed by atoms with Gasteiger partial charge in [-0.25, -0.2) is 4.68 Å². The first kappa shape index (κ1) is 14.1. The molecule has 0 amide bonds. The van der Waals surface area contributed by atoms with Crippen LogP contribution in [0.5, 0.6) is 0 Å². The van der Waals surface area contributed by atoms with Crippen LogP contribution in [0, 0.1) is 11.8 Å². The van der Waals surface area contributed by atoms with Gasteiger partial charge in [-0.2, -0.15) is 5.10 Å². The second-order valence-corrected chi connectivity index (χ2v) is 6.92. The quantitative estimate of drug-likeness (QED) is 0.903. The van der Waals surface area contributed by atoms with Gasteiger partial charge in [-0.05, 0) is 54.0 Å². The minimum atomic E-state index is -0.0151. The highest BCUT2D eigenvalue weighted by molar-refractivity contribution is 9.10. The number of halogens is 1. The van der Waals surface area contributed by atoms with Crippen molar-refractivity contribution in [1.29, 1.82) is 0 Å². The predicted octanol–water partition coefficient (Wildman–Crippen LogP) is 1.59. The molecule has 1 saturated heterocycles. The maximum atomic E-state index is 12.3. The first-order valence-electron chi connectivity index (χ1n) is 7.32. The van der Waals surface area contributed by atoms with Gasteiger partial charge in [0.05, 0.1) is 11.9 Å². The van der Waals surface area contributed by atoms with Gasteiger partial charge in [-0.15, -0.1) is 0 Å². The molecule has 110 valence electrons. The smallest absolute Gasteiger partial charge is 0.283 e. The van der Waals surface area contributed by atoms with Crippen LogP contribution >= 0.6 is 15.9 Å². The molecule has 1 aromatic rings. The number of rotatable bonds is 4. The summed E-state index contributed by atoms with van der Waals surface area (Å²) in [7, 11) is 0. The zero-order valence-electron chi connectivity index (χ0n) is 11.8. The van der Waals surface area contributed by atoms with Crippen molar-refractivity contribution in [1.82, 2.24) is 9.78 Å². The number of nitrogens with two attached hydrogens (primary N) is 1. The van der Waals surface area contributed by atoms with E-state index in [1.54, 1.807) is 4.68 Å². The van der Waals surface area contributed by atoms with Gasteiger partial charge < -0.3 is 10.6 Å². The second kappa shape index (κ2) is 5.48. The molecule has 2 atom stereocenters. The molecule has 0 radical (unpaired) electrons. The average molecular weight is 341 g/mol. The Morgan fingerprint density at radius 2 is 2.25 bits per heavy atom. The Balaban J connectivity index is 1.80. The first-order chi connectivity index (χ1) is 9.56. The van der Waals surface area contributed by atoms with E-state index in [2.05, 4.69) is 32.9 Å². The molecule has 1 saturated carbocycles. The number of hydrogen-bond acceptors (Lipinski definition) is 4. The van der Waals surface area contributed by atoms with E-state index < -0.39 is 0 Å². The van der Waals surface area contributed by atoms with Crippen molar-refractivity contribution in [3.05, 3.63) is 21.0 Å². The van der Waals surface area contributed by atoms with Gasteiger partial charge in [0.15, 0.2) is 0 Å². The molecule has 1 aromatic heterocycles. The molecule has 2 fully saturated rings. The standard InChI is InChI=1S/C14H21BrN4O/c1-9(16)11-4-5-18(8-11)12-6-17-19(7-10-2-3-10)14(20)13(12)15/h6,9-11H,2-5,7-8,16H2,1H3. The number of hydrogen-bond donors (Lipinski definition) is 1. The fraction of sp³-hybridized carbons (Fsp3) is 0.714. The summed E-state index contributed by atoms with van der Waals surface area (Å²) in [5.41, 5.74) is 6.86. The summed E-state index contributed by atoms with van der Waals surface area (Å²) in [5.74, 6) is 1.14. The van der Waals surface area contributed by atoms with Crippen LogP contribution in [0.2, 0.25) is 0 Å². The lowest BCUT2D eigenvalue weighted by molar-refractivity contribution is 0.487. The van der Waals surface area contributed by atoms with Crippen molar-refractivity contribution in [2.75, 3.05) is 18.0 Å². The van der Waals surface area contributed by atoms with Gasteiger partial charge >= 0.3 is 0 Å². The third-order valence-electron chi connectivity index (χ3n) is 4.40. The lowest BCUT2D eigenvalue weighted by Crippen LogP contribution is -2.31. The number of nitrogens with zero attached hydrogens (tertiary/aromatic N) is 3. The zero-order valence-corrected chi connectivity index (χ0v) is 13.3. The summed E-state index contributed by atoms with van der Waals surface area (Å²) in [6.07, 6.45) is 5.33. The Labute approximate surface area is 127 Å². The second-order valence-electron chi connectivity index (χ2n) is 6.13. The highest BCUT2D eigenvalue weighted by Crippen LogP contribution is 2.31. The fourth-order valence-electron chi connectivity index (χ4n) is 2.79. The maximum Gasteiger partial charge on any atom is 0.283 e. The summed E-state index contributed by atoms with van der Waals surface area (Å²) in [5, 5.41) is 4.33. The summed E-state index contributed by atoms with van der Waals surface area (Å²) in [6.45, 7) is 4.65. The van der Waals surface area contributed by atoms with E-state index in [0.29, 0.717) is 16.3 Å². The van der Waals surface area contributed by atoms with Crippen LogP contribution in [0.4, 0.5) is 5.69 Å². The molecular weight excluding hydrogens is 320 g/mol. The minimum Gasteiger partial charge on any atom is -0.369 e. The molecule has 0 bridgehead atoms. The third kappa shape index (κ3) is 2.76. The van der Waals surface area contributed by atoms with E-state index in [4.69, 9.17) is 5.73 Å². The van der Waals surface area contributed by atoms with Crippen molar-refractivity contribution >= 4 is 21.6 Å². The van der Waals surface area contributed by atoms with Gasteiger partial charge in [-0.1, -0.05) is 0 Å². The Morgan fingerprint density at radius 3 is 2.85 bits per heavy atom. The van der Waals surface area contributed by atoms with Crippen molar-refractivity contribution in [2.24, 2.45) is 17.6 Å². The van der Waals surface area contributed by atoms with E-state index in [-0.39, 0.29) is 11.6 Å². The Bertz CT molecular complexity index is 553. The zero-order chi connectivity index (χ0) is 14.3. The molecule has 3 rings (SSSR count). The van der Waals surface area contributed by atoms with Crippen LogP contribution in [-0.2, 0) is 6.54 Å². The molecule has 2 aliphatic rings. The van der Waals surface area contributed by atoms with Crippen molar-refractivity contribution in [3.63, 3.8) is 0 Å². The van der Waals surface area contributed by atoms with Crippen molar-refractivity contribution in [3.8, 4) is 0 Å². The van der Waals surface area contributed by atoms with Crippen molar-refractivity contribution < 1.29 is 0 Å². The lowest BCUT2D eigenvalue weighted by Gasteiger charge is -2.21. The van der Waals surface area contributed by atoms with Gasteiger partial charge in [0.1, 0.15) is 4.47 Å². The van der Waals surface area contributed by atoms with Crippen molar-refractivity contribution in [2.45, 2.75) is 38.8 Å². The highest BCUT2D eigenvalue weighted by Gasteiger charge is 2.28. The van der Waals surface area contributed by atoms with E-state index >= 15 is 0 Å². The largest absolute Gasteiger partial charge is 0.369 e. The molecule has 1 aliphatic carbocycles. The molecule has 5 nitrogen and oxygen atoms in total. The Morgan fingerprint density at radius 1 is 1.50 bits per heavy atom. The summed E-state index contributed by atoms with van der Waals surface area (Å²) < 4.78 is 2.23. The van der Waals surface area contributed by atoms with E-state index in [0.717, 1.165) is 31.7 Å². The van der Waals surface area contributed by atoms with Gasteiger partial charge in [0.25, 0.3) is 5.56 Å². The average Bonchev–Trinajstić information content (AvgIpc) is 3.08. The van der Waals surface area contributed by atoms with E-state index in [9.17, 15) is 4.79 Å². The van der Waals surface area contributed by atoms with Gasteiger partial charge in [0, 0.05) is 25.7 Å². The Hall–Kier alpha value is -0.880. The fourth-order valence-corrected chi connectivity index (χ4v) is 3.34. The SMILES string of the molecule is CC(N)C1CCN(c2cnn(CC3CC3)c(=O)c2Br)C1. The van der Waals surface area contributed by atoms with Crippen LogP contribution < -0.4 is 16.2 Å². The number of aromatic nitrogens is 2. The predicted molar refractivity (Wildman–Crippen MR) is 82.9 cm³/mol. The van der Waals surface area contributed by atoms with E-state index in [1.165, 1.54) is 12.8 Å².